The standard InChI is InChI=1S/C13H16N2O3/c1-9(16)15-4-2-3-14-10-7-12-13(8-11(10)15)18-6-5-17-12/h7-8,14H,2-6H2,1H3. The average molecular weight is 248 g/mol. The van der Waals surface area contributed by atoms with Gasteiger partial charge in [-0.2, -0.15) is 0 Å². The van der Waals surface area contributed by atoms with E-state index in [1.165, 1.54) is 0 Å². The first-order valence-electron chi connectivity index (χ1n) is 6.21. The minimum atomic E-state index is 0.0524. The predicted octanol–water partition coefficient (Wildman–Crippen LogP) is 1.63. The zero-order chi connectivity index (χ0) is 12.5. The summed E-state index contributed by atoms with van der Waals surface area (Å²) in [5.74, 6) is 1.52. The van der Waals surface area contributed by atoms with Crippen molar-refractivity contribution in [3.05, 3.63) is 12.1 Å². The van der Waals surface area contributed by atoms with Gasteiger partial charge >= 0.3 is 0 Å². The average Bonchev–Trinajstić information content (AvgIpc) is 2.58. The Morgan fingerprint density at radius 3 is 2.72 bits per heavy atom. The Balaban J connectivity index is 2.08. The zero-order valence-corrected chi connectivity index (χ0v) is 10.4. The molecule has 0 atom stereocenters. The molecule has 1 amide bonds. The lowest BCUT2D eigenvalue weighted by atomic mass is 10.2. The summed E-state index contributed by atoms with van der Waals surface area (Å²) in [5.41, 5.74) is 1.82. The number of hydrogen-bond acceptors (Lipinski definition) is 4. The second-order valence-electron chi connectivity index (χ2n) is 4.46. The van der Waals surface area contributed by atoms with Gasteiger partial charge in [0.15, 0.2) is 11.5 Å². The molecule has 1 aromatic rings. The number of benzene rings is 1. The molecule has 0 bridgehead atoms. The summed E-state index contributed by atoms with van der Waals surface area (Å²) in [6, 6.07) is 3.81. The largest absolute Gasteiger partial charge is 0.486 e. The molecule has 3 rings (SSSR count). The normalized spacial score (nSPS) is 17.5. The van der Waals surface area contributed by atoms with Crippen LogP contribution in [0.2, 0.25) is 0 Å². The predicted molar refractivity (Wildman–Crippen MR) is 68.6 cm³/mol. The van der Waals surface area contributed by atoms with Gasteiger partial charge in [-0.3, -0.25) is 4.79 Å². The van der Waals surface area contributed by atoms with E-state index in [2.05, 4.69) is 5.32 Å². The maximum Gasteiger partial charge on any atom is 0.223 e. The van der Waals surface area contributed by atoms with Gasteiger partial charge in [-0.15, -0.1) is 0 Å². The number of ether oxygens (including phenoxy) is 2. The Kier molecular flexibility index (Phi) is 2.74. The van der Waals surface area contributed by atoms with Crippen LogP contribution in [0.15, 0.2) is 12.1 Å². The molecule has 2 aliphatic heterocycles. The van der Waals surface area contributed by atoms with Crippen molar-refractivity contribution in [1.29, 1.82) is 0 Å². The fourth-order valence-electron chi connectivity index (χ4n) is 2.35. The van der Waals surface area contributed by atoms with E-state index in [0.29, 0.717) is 13.2 Å². The highest BCUT2D eigenvalue weighted by atomic mass is 16.6. The summed E-state index contributed by atoms with van der Waals surface area (Å²) >= 11 is 0. The van der Waals surface area contributed by atoms with Gasteiger partial charge in [-0.1, -0.05) is 0 Å². The topological polar surface area (TPSA) is 50.8 Å². The van der Waals surface area contributed by atoms with E-state index in [1.807, 2.05) is 12.1 Å². The molecule has 0 aromatic heterocycles. The first kappa shape index (κ1) is 11.2. The molecule has 5 heteroatoms. The maximum absolute atomic E-state index is 11.7. The third kappa shape index (κ3) is 1.85. The third-order valence-electron chi connectivity index (χ3n) is 3.21. The number of carbonyl (C=O) groups excluding carboxylic acids is 1. The van der Waals surface area contributed by atoms with Crippen LogP contribution in [-0.4, -0.2) is 32.2 Å². The van der Waals surface area contributed by atoms with Gasteiger partial charge < -0.3 is 19.7 Å². The summed E-state index contributed by atoms with van der Waals surface area (Å²) in [6.07, 6.45) is 0.931. The molecular weight excluding hydrogens is 232 g/mol. The Morgan fingerprint density at radius 1 is 1.28 bits per heavy atom. The van der Waals surface area contributed by atoms with Crippen molar-refractivity contribution < 1.29 is 14.3 Å². The minimum absolute atomic E-state index is 0.0524. The molecule has 18 heavy (non-hydrogen) atoms. The molecule has 1 N–H and O–H groups in total. The molecule has 0 radical (unpaired) electrons. The van der Waals surface area contributed by atoms with Crippen LogP contribution in [0.3, 0.4) is 0 Å². The van der Waals surface area contributed by atoms with Gasteiger partial charge in [-0.05, 0) is 6.42 Å². The van der Waals surface area contributed by atoms with Crippen molar-refractivity contribution >= 4 is 17.3 Å². The van der Waals surface area contributed by atoms with E-state index in [4.69, 9.17) is 9.47 Å². The minimum Gasteiger partial charge on any atom is -0.486 e. The number of nitrogens with zero attached hydrogens (tertiary/aromatic N) is 1. The van der Waals surface area contributed by atoms with E-state index in [1.54, 1.807) is 11.8 Å². The van der Waals surface area contributed by atoms with Gasteiger partial charge in [0.25, 0.3) is 0 Å². The number of anilines is 2. The van der Waals surface area contributed by atoms with Crippen LogP contribution in [0.25, 0.3) is 0 Å². The van der Waals surface area contributed by atoms with Crippen LogP contribution in [0, 0.1) is 0 Å². The van der Waals surface area contributed by atoms with Crippen LogP contribution >= 0.6 is 0 Å². The number of rotatable bonds is 0. The van der Waals surface area contributed by atoms with Crippen LogP contribution < -0.4 is 19.7 Å². The highest BCUT2D eigenvalue weighted by Crippen LogP contribution is 2.40. The quantitative estimate of drug-likeness (QED) is 0.758. The van der Waals surface area contributed by atoms with Crippen LogP contribution in [0.4, 0.5) is 11.4 Å². The molecule has 5 nitrogen and oxygen atoms in total. The second-order valence-corrected chi connectivity index (χ2v) is 4.46. The van der Waals surface area contributed by atoms with Crippen LogP contribution in [0.1, 0.15) is 13.3 Å². The first-order chi connectivity index (χ1) is 8.75. The highest BCUT2D eigenvalue weighted by Gasteiger charge is 2.23. The van der Waals surface area contributed by atoms with Crippen LogP contribution in [0.5, 0.6) is 11.5 Å². The molecule has 0 fully saturated rings. The summed E-state index contributed by atoms with van der Waals surface area (Å²) in [7, 11) is 0. The number of fused-ring (bicyclic) bond motifs is 2. The first-order valence-corrected chi connectivity index (χ1v) is 6.21. The fourth-order valence-corrected chi connectivity index (χ4v) is 2.35. The van der Waals surface area contributed by atoms with Gasteiger partial charge in [-0.25, -0.2) is 0 Å². The lowest BCUT2D eigenvalue weighted by molar-refractivity contribution is -0.116. The van der Waals surface area contributed by atoms with E-state index in [9.17, 15) is 4.79 Å². The lowest BCUT2D eigenvalue weighted by Gasteiger charge is -2.25. The Hall–Kier alpha value is -1.91. The van der Waals surface area contributed by atoms with Crippen molar-refractivity contribution in [2.45, 2.75) is 13.3 Å². The van der Waals surface area contributed by atoms with Crippen molar-refractivity contribution in [1.82, 2.24) is 0 Å². The van der Waals surface area contributed by atoms with Crippen molar-refractivity contribution in [3.63, 3.8) is 0 Å². The van der Waals surface area contributed by atoms with E-state index >= 15 is 0 Å². The molecular formula is C13H16N2O3. The van der Waals surface area contributed by atoms with Gasteiger partial charge in [0.1, 0.15) is 13.2 Å². The van der Waals surface area contributed by atoms with E-state index in [0.717, 1.165) is 42.4 Å². The molecule has 2 heterocycles. The van der Waals surface area contributed by atoms with Crippen LogP contribution in [-0.2, 0) is 4.79 Å². The summed E-state index contributed by atoms with van der Waals surface area (Å²) in [5, 5.41) is 3.33. The molecule has 0 spiro atoms. The molecule has 96 valence electrons. The summed E-state index contributed by atoms with van der Waals surface area (Å²) < 4.78 is 11.1. The number of nitrogens with one attached hydrogen (secondary N) is 1. The number of carbonyl (C=O) groups is 1. The Morgan fingerprint density at radius 2 is 2.00 bits per heavy atom. The zero-order valence-electron chi connectivity index (χ0n) is 10.4. The fraction of sp³-hybridized carbons (Fsp3) is 0.462. The molecule has 0 saturated heterocycles. The summed E-state index contributed by atoms with van der Waals surface area (Å²) in [4.78, 5) is 13.5. The molecule has 0 aliphatic carbocycles. The molecule has 0 unspecified atom stereocenters. The molecule has 0 saturated carbocycles. The molecule has 2 aliphatic rings. The highest BCUT2D eigenvalue weighted by molar-refractivity contribution is 5.96. The van der Waals surface area contributed by atoms with Gasteiger partial charge in [0.05, 0.1) is 11.4 Å². The lowest BCUT2D eigenvalue weighted by Crippen LogP contribution is -2.29. The SMILES string of the molecule is CC(=O)N1CCCNc2cc3c(cc21)OCCO3. The molecule has 1 aromatic carbocycles. The summed E-state index contributed by atoms with van der Waals surface area (Å²) in [6.45, 7) is 4.30. The van der Waals surface area contributed by atoms with Gasteiger partial charge in [0.2, 0.25) is 5.91 Å². The second kappa shape index (κ2) is 4.40. The van der Waals surface area contributed by atoms with Crippen molar-refractivity contribution in [2.75, 3.05) is 36.5 Å². The number of amides is 1. The maximum atomic E-state index is 11.7. The Labute approximate surface area is 106 Å². The van der Waals surface area contributed by atoms with Crippen molar-refractivity contribution in [3.8, 4) is 11.5 Å². The smallest absolute Gasteiger partial charge is 0.223 e. The van der Waals surface area contributed by atoms with Gasteiger partial charge in [0, 0.05) is 32.1 Å². The van der Waals surface area contributed by atoms with E-state index < -0.39 is 0 Å². The van der Waals surface area contributed by atoms with E-state index in [-0.39, 0.29) is 5.91 Å². The monoisotopic (exact) mass is 248 g/mol. The van der Waals surface area contributed by atoms with Crippen molar-refractivity contribution in [2.24, 2.45) is 0 Å². The Bertz CT molecular complexity index is 487. The number of hydrogen-bond donors (Lipinski definition) is 1. The third-order valence-corrected chi connectivity index (χ3v) is 3.21.